The van der Waals surface area contributed by atoms with Gasteiger partial charge in [-0.3, -0.25) is 9.88 Å². The molecule has 1 fully saturated rings. The number of hydrogen-bond acceptors (Lipinski definition) is 4. The Hall–Kier alpha value is -0.970. The zero-order valence-electron chi connectivity index (χ0n) is 11.5. The lowest BCUT2D eigenvalue weighted by atomic mass is 9.92. The molecule has 4 heteroatoms. The molecular formula is C15H25N3O. The topological polar surface area (TPSA) is 62.4 Å². The van der Waals surface area contributed by atoms with Gasteiger partial charge in [0.15, 0.2) is 0 Å². The molecule has 4 nitrogen and oxygen atoms in total. The van der Waals surface area contributed by atoms with Crippen molar-refractivity contribution in [2.24, 2.45) is 5.73 Å². The van der Waals surface area contributed by atoms with Crippen molar-refractivity contribution in [1.82, 2.24) is 9.88 Å². The number of aromatic nitrogens is 1. The quantitative estimate of drug-likeness (QED) is 0.820. The second-order valence-electron chi connectivity index (χ2n) is 5.29. The van der Waals surface area contributed by atoms with Crippen molar-refractivity contribution in [3.63, 3.8) is 0 Å². The molecule has 0 aliphatic heterocycles. The van der Waals surface area contributed by atoms with Crippen molar-refractivity contribution in [1.29, 1.82) is 0 Å². The Morgan fingerprint density at radius 3 is 2.53 bits per heavy atom. The van der Waals surface area contributed by atoms with Gasteiger partial charge in [0.2, 0.25) is 0 Å². The smallest absolute Gasteiger partial charge is 0.0558 e. The van der Waals surface area contributed by atoms with E-state index < -0.39 is 0 Å². The van der Waals surface area contributed by atoms with Gasteiger partial charge in [-0.1, -0.05) is 19.3 Å². The van der Waals surface area contributed by atoms with E-state index in [1.807, 2.05) is 24.5 Å². The lowest BCUT2D eigenvalue weighted by molar-refractivity contribution is 0.0829. The van der Waals surface area contributed by atoms with E-state index in [0.29, 0.717) is 19.1 Å². The molecule has 0 radical (unpaired) electrons. The lowest BCUT2D eigenvalue weighted by Crippen LogP contribution is -2.44. The molecular weight excluding hydrogens is 238 g/mol. The van der Waals surface area contributed by atoms with Gasteiger partial charge in [0.25, 0.3) is 0 Å². The number of aliphatic hydroxyl groups excluding tert-OH is 1. The van der Waals surface area contributed by atoms with Crippen LogP contribution in [0.15, 0.2) is 24.5 Å². The van der Waals surface area contributed by atoms with Gasteiger partial charge in [0, 0.05) is 37.6 Å². The van der Waals surface area contributed by atoms with Crippen LogP contribution in [0.2, 0.25) is 0 Å². The summed E-state index contributed by atoms with van der Waals surface area (Å²) in [7, 11) is 0. The first kappa shape index (κ1) is 14.4. The van der Waals surface area contributed by atoms with Crippen LogP contribution < -0.4 is 5.73 Å². The average molecular weight is 263 g/mol. The number of pyridine rings is 1. The fourth-order valence-corrected chi connectivity index (χ4v) is 3.17. The molecule has 19 heavy (non-hydrogen) atoms. The van der Waals surface area contributed by atoms with Gasteiger partial charge in [-0.15, -0.1) is 0 Å². The molecule has 1 aliphatic rings. The molecule has 1 atom stereocenters. The minimum absolute atomic E-state index is 0.193. The summed E-state index contributed by atoms with van der Waals surface area (Å²) in [5.74, 6) is 0. The van der Waals surface area contributed by atoms with Gasteiger partial charge >= 0.3 is 0 Å². The summed E-state index contributed by atoms with van der Waals surface area (Å²) in [4.78, 5) is 6.47. The molecule has 106 valence electrons. The van der Waals surface area contributed by atoms with E-state index in [-0.39, 0.29) is 12.6 Å². The molecule has 0 amide bonds. The highest BCUT2D eigenvalue weighted by atomic mass is 16.3. The molecule has 3 N–H and O–H groups in total. The van der Waals surface area contributed by atoms with Crippen LogP contribution in [0.4, 0.5) is 0 Å². The van der Waals surface area contributed by atoms with Crippen molar-refractivity contribution in [3.05, 3.63) is 30.1 Å². The zero-order valence-corrected chi connectivity index (χ0v) is 11.5. The maximum absolute atomic E-state index is 9.36. The van der Waals surface area contributed by atoms with E-state index in [4.69, 9.17) is 5.73 Å². The summed E-state index contributed by atoms with van der Waals surface area (Å²) in [5, 5.41) is 9.36. The predicted molar refractivity (Wildman–Crippen MR) is 76.7 cm³/mol. The summed E-state index contributed by atoms with van der Waals surface area (Å²) in [6.07, 6.45) is 10.0. The van der Waals surface area contributed by atoms with Crippen LogP contribution in [0.3, 0.4) is 0 Å². The Morgan fingerprint density at radius 2 is 1.95 bits per heavy atom. The zero-order chi connectivity index (χ0) is 13.5. The molecule has 1 heterocycles. The first-order chi connectivity index (χ1) is 9.36. The van der Waals surface area contributed by atoms with E-state index in [0.717, 1.165) is 0 Å². The molecule has 0 spiro atoms. The molecule has 0 saturated heterocycles. The van der Waals surface area contributed by atoms with Crippen LogP contribution in [0, 0.1) is 0 Å². The van der Waals surface area contributed by atoms with Gasteiger partial charge in [-0.25, -0.2) is 0 Å². The fourth-order valence-electron chi connectivity index (χ4n) is 3.17. The molecule has 2 rings (SSSR count). The summed E-state index contributed by atoms with van der Waals surface area (Å²) in [5.41, 5.74) is 7.20. The van der Waals surface area contributed by atoms with Crippen LogP contribution in [-0.4, -0.2) is 40.7 Å². The largest absolute Gasteiger partial charge is 0.395 e. The summed E-state index contributed by atoms with van der Waals surface area (Å²) in [6.45, 7) is 1.48. The summed E-state index contributed by atoms with van der Waals surface area (Å²) >= 11 is 0. The average Bonchev–Trinajstić information content (AvgIpc) is 2.49. The van der Waals surface area contributed by atoms with E-state index in [9.17, 15) is 5.11 Å². The van der Waals surface area contributed by atoms with Gasteiger partial charge < -0.3 is 10.8 Å². The molecule has 1 aromatic rings. The highest BCUT2D eigenvalue weighted by molar-refractivity contribution is 5.16. The van der Waals surface area contributed by atoms with E-state index in [1.54, 1.807) is 0 Å². The van der Waals surface area contributed by atoms with Gasteiger partial charge in [0.05, 0.1) is 6.61 Å². The van der Waals surface area contributed by atoms with Crippen molar-refractivity contribution in [3.8, 4) is 0 Å². The highest BCUT2D eigenvalue weighted by Gasteiger charge is 2.27. The van der Waals surface area contributed by atoms with Crippen LogP contribution in [-0.2, 0) is 0 Å². The SMILES string of the molecule is NCC(c1ccncc1)N(CCO)C1CCCCC1. The number of rotatable bonds is 6. The van der Waals surface area contributed by atoms with Gasteiger partial charge in [-0.2, -0.15) is 0 Å². The first-order valence-corrected chi connectivity index (χ1v) is 7.33. The molecule has 1 aliphatic carbocycles. The standard InChI is InChI=1S/C15H25N3O/c16-12-15(13-6-8-17-9-7-13)18(10-11-19)14-4-2-1-3-5-14/h6-9,14-15,19H,1-5,10-12,16H2. The van der Waals surface area contributed by atoms with Crippen LogP contribution >= 0.6 is 0 Å². The van der Waals surface area contributed by atoms with Crippen LogP contribution in [0.5, 0.6) is 0 Å². The summed E-state index contributed by atoms with van der Waals surface area (Å²) < 4.78 is 0. The summed E-state index contributed by atoms with van der Waals surface area (Å²) in [6, 6.07) is 4.82. The molecule has 1 saturated carbocycles. The third kappa shape index (κ3) is 3.75. The van der Waals surface area contributed by atoms with Crippen LogP contribution in [0.25, 0.3) is 0 Å². The highest BCUT2D eigenvalue weighted by Crippen LogP contribution is 2.29. The Kier molecular flexibility index (Phi) is 5.76. The third-order valence-corrected chi connectivity index (χ3v) is 4.12. The van der Waals surface area contributed by atoms with E-state index >= 15 is 0 Å². The van der Waals surface area contributed by atoms with Gasteiger partial charge in [-0.05, 0) is 30.5 Å². The number of aliphatic hydroxyl groups is 1. The van der Waals surface area contributed by atoms with Crippen LogP contribution in [0.1, 0.15) is 43.7 Å². The van der Waals surface area contributed by atoms with Crippen molar-refractivity contribution in [2.45, 2.75) is 44.2 Å². The maximum Gasteiger partial charge on any atom is 0.0558 e. The molecule has 0 bridgehead atoms. The molecule has 1 aromatic heterocycles. The van der Waals surface area contributed by atoms with E-state index in [2.05, 4.69) is 9.88 Å². The third-order valence-electron chi connectivity index (χ3n) is 4.12. The van der Waals surface area contributed by atoms with Gasteiger partial charge in [0.1, 0.15) is 0 Å². The fraction of sp³-hybridized carbons (Fsp3) is 0.667. The van der Waals surface area contributed by atoms with E-state index in [1.165, 1.54) is 37.7 Å². The monoisotopic (exact) mass is 263 g/mol. The Labute approximate surface area is 115 Å². The lowest BCUT2D eigenvalue weighted by Gasteiger charge is -2.39. The van der Waals surface area contributed by atoms with Crippen molar-refractivity contribution < 1.29 is 5.11 Å². The Bertz CT molecular complexity index is 352. The predicted octanol–water partition coefficient (Wildman–Crippen LogP) is 1.71. The minimum Gasteiger partial charge on any atom is -0.395 e. The molecule has 0 aromatic carbocycles. The number of nitrogens with two attached hydrogens (primary N) is 1. The Balaban J connectivity index is 2.15. The van der Waals surface area contributed by atoms with Crippen molar-refractivity contribution in [2.75, 3.05) is 19.7 Å². The first-order valence-electron chi connectivity index (χ1n) is 7.33. The number of hydrogen-bond donors (Lipinski definition) is 2. The Morgan fingerprint density at radius 1 is 1.26 bits per heavy atom. The van der Waals surface area contributed by atoms with Crippen molar-refractivity contribution >= 4 is 0 Å². The number of nitrogens with zero attached hydrogens (tertiary/aromatic N) is 2. The molecule has 1 unspecified atom stereocenters. The normalized spacial score (nSPS) is 18.7. The maximum atomic E-state index is 9.36. The second-order valence-corrected chi connectivity index (χ2v) is 5.29. The minimum atomic E-state index is 0.193. The second kappa shape index (κ2) is 7.58.